The summed E-state index contributed by atoms with van der Waals surface area (Å²) in [6, 6.07) is 12.4. The fourth-order valence-electron chi connectivity index (χ4n) is 2.06. The minimum Gasteiger partial charge on any atom is -0.488 e. The first kappa shape index (κ1) is 14.4. The summed E-state index contributed by atoms with van der Waals surface area (Å²) in [5.41, 5.74) is 0.372. The van der Waals surface area contributed by atoms with Gasteiger partial charge in [-0.3, -0.25) is 5.32 Å². The highest BCUT2D eigenvalue weighted by Crippen LogP contribution is 2.31. The predicted octanol–water partition coefficient (Wildman–Crippen LogP) is 2.46. The van der Waals surface area contributed by atoms with E-state index >= 15 is 0 Å². The Hall–Kier alpha value is -2.54. The highest BCUT2D eigenvalue weighted by Gasteiger charge is 2.21. The Balaban J connectivity index is 2.03. The summed E-state index contributed by atoms with van der Waals surface area (Å²) in [5, 5.41) is 2.50. The molecule has 2 aromatic carbocycles. The van der Waals surface area contributed by atoms with Crippen molar-refractivity contribution < 1.29 is 22.7 Å². The number of hydrogen-bond acceptors (Lipinski definition) is 5. The van der Waals surface area contributed by atoms with Crippen LogP contribution in [0.25, 0.3) is 0 Å². The minimum atomic E-state index is -3.63. The molecular weight excluding hydrogens is 306 g/mol. The number of cyclic esters (lactones) is 1. The first-order valence-corrected chi connectivity index (χ1v) is 8.06. The van der Waals surface area contributed by atoms with Gasteiger partial charge in [0.1, 0.15) is 19.0 Å². The molecule has 0 saturated heterocycles. The van der Waals surface area contributed by atoms with Crippen LogP contribution in [0.1, 0.15) is 0 Å². The molecule has 1 aliphatic rings. The van der Waals surface area contributed by atoms with Gasteiger partial charge in [0.25, 0.3) is 0 Å². The molecule has 0 aromatic heterocycles. The van der Waals surface area contributed by atoms with E-state index in [1.54, 1.807) is 18.2 Å². The number of rotatable bonds is 2. The van der Waals surface area contributed by atoms with E-state index in [0.717, 1.165) is 0 Å². The summed E-state index contributed by atoms with van der Waals surface area (Å²) in [7, 11) is -3.63. The lowest BCUT2D eigenvalue weighted by Gasteiger charge is -2.17. The molecule has 0 atom stereocenters. The number of nitrogens with one attached hydrogen (secondary N) is 1. The van der Waals surface area contributed by atoms with Crippen molar-refractivity contribution in [1.82, 2.24) is 0 Å². The molecule has 1 heterocycles. The first-order chi connectivity index (χ1) is 10.6. The Labute approximate surface area is 127 Å². The molecule has 7 heteroatoms. The fourth-order valence-corrected chi connectivity index (χ4v) is 3.36. The van der Waals surface area contributed by atoms with Gasteiger partial charge in [0.05, 0.1) is 15.5 Å². The average Bonchev–Trinajstić information content (AvgIpc) is 2.51. The van der Waals surface area contributed by atoms with Crippen LogP contribution in [0, 0.1) is 0 Å². The first-order valence-electron chi connectivity index (χ1n) is 6.58. The zero-order valence-corrected chi connectivity index (χ0v) is 12.3. The van der Waals surface area contributed by atoms with Crippen molar-refractivity contribution in [1.29, 1.82) is 0 Å². The average molecular weight is 319 g/mol. The van der Waals surface area contributed by atoms with Crippen molar-refractivity contribution >= 4 is 21.6 Å². The van der Waals surface area contributed by atoms with Gasteiger partial charge in [0, 0.05) is 6.07 Å². The van der Waals surface area contributed by atoms with Crippen LogP contribution < -0.4 is 10.1 Å². The lowest BCUT2D eigenvalue weighted by molar-refractivity contribution is 0.134. The van der Waals surface area contributed by atoms with Crippen LogP contribution in [0.2, 0.25) is 0 Å². The van der Waals surface area contributed by atoms with Gasteiger partial charge in [-0.05, 0) is 24.3 Å². The van der Waals surface area contributed by atoms with Crippen LogP contribution in [0.3, 0.4) is 0 Å². The molecule has 6 nitrogen and oxygen atoms in total. The van der Waals surface area contributed by atoms with Crippen molar-refractivity contribution in [2.24, 2.45) is 0 Å². The number of sulfone groups is 1. The standard InChI is InChI=1S/C15H13NO5S/c17-15-16-13-7-6-12(10-14(13)20-8-9-21-15)22(18,19)11-4-2-1-3-5-11/h1-7,10H,8-9H2,(H,16,17). The molecular formula is C15H13NO5S. The van der Waals surface area contributed by atoms with Gasteiger partial charge in [-0.25, -0.2) is 13.2 Å². The normalized spacial score (nSPS) is 14.6. The second-order valence-corrected chi connectivity index (χ2v) is 6.53. The zero-order chi connectivity index (χ0) is 15.6. The largest absolute Gasteiger partial charge is 0.488 e. The highest BCUT2D eigenvalue weighted by molar-refractivity contribution is 7.91. The molecule has 0 bridgehead atoms. The third kappa shape index (κ3) is 2.75. The molecule has 0 aliphatic carbocycles. The van der Waals surface area contributed by atoms with Crippen LogP contribution in [0.4, 0.5) is 10.5 Å². The highest BCUT2D eigenvalue weighted by atomic mass is 32.2. The summed E-state index contributed by atoms with van der Waals surface area (Å²) in [6.07, 6.45) is -0.594. The van der Waals surface area contributed by atoms with Crippen molar-refractivity contribution in [2.45, 2.75) is 9.79 Å². The monoisotopic (exact) mass is 319 g/mol. The topological polar surface area (TPSA) is 81.7 Å². The van der Waals surface area contributed by atoms with Crippen molar-refractivity contribution in [2.75, 3.05) is 18.5 Å². The Morgan fingerprint density at radius 3 is 2.41 bits per heavy atom. The van der Waals surface area contributed by atoms with Crippen LogP contribution in [0.15, 0.2) is 58.3 Å². The smallest absolute Gasteiger partial charge is 0.411 e. The van der Waals surface area contributed by atoms with E-state index < -0.39 is 15.9 Å². The second kappa shape index (κ2) is 5.69. The molecule has 1 aliphatic heterocycles. The summed E-state index contributed by atoms with van der Waals surface area (Å²) < 4.78 is 35.4. The molecule has 3 rings (SSSR count). The second-order valence-electron chi connectivity index (χ2n) is 4.58. The summed E-state index contributed by atoms with van der Waals surface area (Å²) in [6.45, 7) is 0.260. The number of carbonyl (C=O) groups excluding carboxylic acids is 1. The van der Waals surface area contributed by atoms with Gasteiger partial charge in [-0.2, -0.15) is 0 Å². The lowest BCUT2D eigenvalue weighted by Crippen LogP contribution is -2.21. The van der Waals surface area contributed by atoms with Crippen LogP contribution in [0.5, 0.6) is 5.75 Å². The Kier molecular flexibility index (Phi) is 3.72. The molecule has 0 spiro atoms. The molecule has 22 heavy (non-hydrogen) atoms. The van der Waals surface area contributed by atoms with Gasteiger partial charge >= 0.3 is 6.09 Å². The predicted molar refractivity (Wildman–Crippen MR) is 78.8 cm³/mol. The molecule has 0 radical (unpaired) electrons. The van der Waals surface area contributed by atoms with Crippen molar-refractivity contribution in [3.05, 3.63) is 48.5 Å². The summed E-state index contributed by atoms with van der Waals surface area (Å²) >= 11 is 0. The number of hydrogen-bond donors (Lipinski definition) is 1. The molecule has 114 valence electrons. The van der Waals surface area contributed by atoms with Gasteiger partial charge in [-0.15, -0.1) is 0 Å². The van der Waals surface area contributed by atoms with Gasteiger partial charge in [-0.1, -0.05) is 18.2 Å². The van der Waals surface area contributed by atoms with Crippen LogP contribution in [-0.4, -0.2) is 27.7 Å². The molecule has 0 saturated carbocycles. The summed E-state index contributed by atoms with van der Waals surface area (Å²) in [4.78, 5) is 11.7. The minimum absolute atomic E-state index is 0.0982. The quantitative estimate of drug-likeness (QED) is 0.919. The maximum atomic E-state index is 12.6. The molecule has 0 unspecified atom stereocenters. The molecule has 1 amide bonds. The maximum Gasteiger partial charge on any atom is 0.411 e. The summed E-state index contributed by atoms with van der Waals surface area (Å²) in [5.74, 6) is 0.300. The van der Waals surface area contributed by atoms with Gasteiger partial charge in [0.2, 0.25) is 9.84 Å². The number of carbonyl (C=O) groups is 1. The number of amides is 1. The van der Waals surface area contributed by atoms with E-state index in [9.17, 15) is 13.2 Å². The van der Waals surface area contributed by atoms with Gasteiger partial charge in [0.15, 0.2) is 0 Å². The maximum absolute atomic E-state index is 12.6. The Bertz CT molecular complexity index is 802. The van der Waals surface area contributed by atoms with E-state index in [2.05, 4.69) is 5.32 Å². The molecule has 1 N–H and O–H groups in total. The number of fused-ring (bicyclic) bond motifs is 1. The fraction of sp³-hybridized carbons (Fsp3) is 0.133. The number of ether oxygens (including phenoxy) is 2. The number of anilines is 1. The van der Waals surface area contributed by atoms with E-state index in [1.165, 1.54) is 30.3 Å². The van der Waals surface area contributed by atoms with Crippen LogP contribution in [-0.2, 0) is 14.6 Å². The zero-order valence-electron chi connectivity index (χ0n) is 11.5. The Morgan fingerprint density at radius 1 is 0.909 bits per heavy atom. The van der Waals surface area contributed by atoms with Crippen molar-refractivity contribution in [3.63, 3.8) is 0 Å². The van der Waals surface area contributed by atoms with Gasteiger partial charge < -0.3 is 9.47 Å². The number of benzene rings is 2. The van der Waals surface area contributed by atoms with Crippen molar-refractivity contribution in [3.8, 4) is 5.75 Å². The third-order valence-corrected chi connectivity index (χ3v) is 4.89. The van der Waals surface area contributed by atoms with E-state index in [4.69, 9.17) is 9.47 Å². The SMILES string of the molecule is O=C1Nc2ccc(S(=O)(=O)c3ccccc3)cc2OCCO1. The van der Waals surface area contributed by atoms with Crippen LogP contribution >= 0.6 is 0 Å². The lowest BCUT2D eigenvalue weighted by atomic mass is 10.3. The molecule has 2 aromatic rings. The Morgan fingerprint density at radius 2 is 1.64 bits per heavy atom. The van der Waals surface area contributed by atoms with E-state index in [-0.39, 0.29) is 23.0 Å². The molecule has 0 fully saturated rings. The van der Waals surface area contributed by atoms with E-state index in [0.29, 0.717) is 11.4 Å². The third-order valence-electron chi connectivity index (χ3n) is 3.13. The van der Waals surface area contributed by atoms with E-state index in [1.807, 2.05) is 0 Å².